The largest absolute Gasteiger partial charge is 0.419 e. The Morgan fingerprint density at radius 3 is 2.11 bits per heavy atom. The fourth-order valence-corrected chi connectivity index (χ4v) is 1.73. The Bertz CT molecular complexity index is 492. The highest BCUT2D eigenvalue weighted by molar-refractivity contribution is 6.00. The van der Waals surface area contributed by atoms with Crippen molar-refractivity contribution in [1.29, 1.82) is 0 Å². The van der Waals surface area contributed by atoms with Crippen LogP contribution in [0, 0.1) is 11.7 Å². The molecule has 0 N–H and O–H groups in total. The Balaban J connectivity index is 3.10. The highest BCUT2D eigenvalue weighted by Gasteiger charge is 2.34. The third kappa shape index (κ3) is 3.87. The minimum atomic E-state index is -4.80. The second kappa shape index (κ2) is 5.50. The van der Waals surface area contributed by atoms with Crippen LogP contribution in [0.5, 0.6) is 0 Å². The third-order valence-corrected chi connectivity index (χ3v) is 2.76. The molecule has 1 aromatic carbocycles. The lowest BCUT2D eigenvalue weighted by Gasteiger charge is -2.13. The molecule has 0 unspecified atom stereocenters. The summed E-state index contributed by atoms with van der Waals surface area (Å²) in [4.78, 5) is 22.4. The fourth-order valence-electron chi connectivity index (χ4n) is 1.73. The van der Waals surface area contributed by atoms with Crippen molar-refractivity contribution in [3.63, 3.8) is 0 Å². The average Bonchev–Trinajstić information content (AvgIpc) is 2.25. The van der Waals surface area contributed by atoms with Gasteiger partial charge in [-0.25, -0.2) is 4.39 Å². The maximum absolute atomic E-state index is 13.1. The molecule has 0 aromatic heterocycles. The topological polar surface area (TPSA) is 34.1 Å². The van der Waals surface area contributed by atoms with E-state index in [2.05, 4.69) is 0 Å². The summed E-state index contributed by atoms with van der Waals surface area (Å²) in [6.45, 7) is 2.39. The summed E-state index contributed by atoms with van der Waals surface area (Å²) in [5, 5.41) is 0. The number of hydrogen-bond acceptors (Lipinski definition) is 2. The smallest absolute Gasteiger partial charge is 0.299 e. The van der Waals surface area contributed by atoms with Crippen LogP contribution in [0.25, 0.3) is 0 Å². The van der Waals surface area contributed by atoms with Crippen LogP contribution < -0.4 is 0 Å². The molecule has 0 aliphatic carbocycles. The zero-order valence-corrected chi connectivity index (χ0v) is 10.3. The molecule has 0 heterocycles. The molecular weight excluding hydrogens is 264 g/mol. The van der Waals surface area contributed by atoms with E-state index in [0.29, 0.717) is 12.1 Å². The van der Waals surface area contributed by atoms with Gasteiger partial charge in [0.15, 0.2) is 0 Å². The molecule has 0 aliphatic heterocycles. The lowest BCUT2D eigenvalue weighted by atomic mass is 9.92. The van der Waals surface area contributed by atoms with Crippen molar-refractivity contribution in [2.45, 2.75) is 26.4 Å². The first-order chi connectivity index (χ1) is 8.62. The summed E-state index contributed by atoms with van der Waals surface area (Å²) >= 11 is 0. The number of carbonyl (C=O) groups is 2. The highest BCUT2D eigenvalue weighted by atomic mass is 19.4. The minimum absolute atomic E-state index is 0.101. The highest BCUT2D eigenvalue weighted by Crippen LogP contribution is 2.32. The van der Waals surface area contributed by atoms with Crippen molar-refractivity contribution < 1.29 is 27.2 Å². The molecule has 2 nitrogen and oxygen atoms in total. The Kier molecular flexibility index (Phi) is 4.44. The lowest BCUT2D eigenvalue weighted by Crippen LogP contribution is -2.22. The standard InChI is InChI=1S/C13H12F4O2/c1-7(18)10(8(2)19)5-9-3-4-12(14)11(6-9)13(15,16)17/h3-4,6,10H,5H2,1-2H3. The summed E-state index contributed by atoms with van der Waals surface area (Å²) in [6, 6.07) is 2.47. The number of carbonyl (C=O) groups excluding carboxylic acids is 2. The molecule has 0 saturated carbocycles. The molecule has 0 radical (unpaired) electrons. The normalized spacial score (nSPS) is 11.7. The SMILES string of the molecule is CC(=O)C(Cc1ccc(F)c(C(F)(F)F)c1)C(C)=O. The Hall–Kier alpha value is -1.72. The van der Waals surface area contributed by atoms with E-state index in [-0.39, 0.29) is 12.0 Å². The zero-order chi connectivity index (χ0) is 14.8. The summed E-state index contributed by atoms with van der Waals surface area (Å²) in [5.74, 6) is -3.22. The van der Waals surface area contributed by atoms with Gasteiger partial charge in [0.05, 0.1) is 11.5 Å². The Morgan fingerprint density at radius 2 is 1.68 bits per heavy atom. The molecule has 1 aromatic rings. The van der Waals surface area contributed by atoms with Gasteiger partial charge in [-0.05, 0) is 38.0 Å². The molecule has 0 bridgehead atoms. The van der Waals surface area contributed by atoms with E-state index >= 15 is 0 Å². The van der Waals surface area contributed by atoms with Gasteiger partial charge in [0.25, 0.3) is 0 Å². The summed E-state index contributed by atoms with van der Waals surface area (Å²) < 4.78 is 50.6. The van der Waals surface area contributed by atoms with Gasteiger partial charge in [-0.2, -0.15) is 13.2 Å². The molecule has 0 aliphatic rings. The van der Waals surface area contributed by atoms with Crippen LogP contribution >= 0.6 is 0 Å². The Morgan fingerprint density at radius 1 is 1.16 bits per heavy atom. The van der Waals surface area contributed by atoms with Crippen LogP contribution in [0.3, 0.4) is 0 Å². The van der Waals surface area contributed by atoms with E-state index < -0.39 is 35.0 Å². The molecule has 0 amide bonds. The number of halogens is 4. The predicted octanol–water partition coefficient (Wildman–Crippen LogP) is 3.18. The predicted molar refractivity (Wildman–Crippen MR) is 60.0 cm³/mol. The molecule has 0 fully saturated rings. The van der Waals surface area contributed by atoms with Gasteiger partial charge >= 0.3 is 6.18 Å². The van der Waals surface area contributed by atoms with Gasteiger partial charge in [-0.1, -0.05) is 6.07 Å². The lowest BCUT2D eigenvalue weighted by molar-refractivity contribution is -0.140. The Labute approximate surface area is 107 Å². The van der Waals surface area contributed by atoms with Crippen LogP contribution in [0.4, 0.5) is 17.6 Å². The first-order valence-corrected chi connectivity index (χ1v) is 5.49. The quantitative estimate of drug-likeness (QED) is 0.625. The minimum Gasteiger partial charge on any atom is -0.299 e. The number of alkyl halides is 3. The van der Waals surface area contributed by atoms with Crippen molar-refractivity contribution in [2.75, 3.05) is 0 Å². The van der Waals surface area contributed by atoms with E-state index in [9.17, 15) is 27.2 Å². The number of benzene rings is 1. The second-order valence-electron chi connectivity index (χ2n) is 4.29. The average molecular weight is 276 g/mol. The van der Waals surface area contributed by atoms with Crippen molar-refractivity contribution in [3.05, 3.63) is 35.1 Å². The van der Waals surface area contributed by atoms with Crippen molar-refractivity contribution in [3.8, 4) is 0 Å². The van der Waals surface area contributed by atoms with Gasteiger partial charge < -0.3 is 0 Å². The van der Waals surface area contributed by atoms with E-state index in [1.807, 2.05) is 0 Å². The molecule has 104 valence electrons. The first kappa shape index (κ1) is 15.3. The number of ketones is 2. The summed E-state index contributed by atoms with van der Waals surface area (Å²) in [7, 11) is 0. The number of hydrogen-bond donors (Lipinski definition) is 0. The molecule has 6 heteroatoms. The maximum atomic E-state index is 13.1. The molecule has 0 saturated heterocycles. The van der Waals surface area contributed by atoms with Gasteiger partial charge in [0, 0.05) is 0 Å². The van der Waals surface area contributed by atoms with Crippen molar-refractivity contribution in [2.24, 2.45) is 5.92 Å². The van der Waals surface area contributed by atoms with E-state index in [1.165, 1.54) is 13.8 Å². The van der Waals surface area contributed by atoms with Gasteiger partial charge in [-0.3, -0.25) is 9.59 Å². The molecule has 1 rings (SSSR count). The fraction of sp³-hybridized carbons (Fsp3) is 0.385. The van der Waals surface area contributed by atoms with Gasteiger partial charge in [0.1, 0.15) is 17.4 Å². The van der Waals surface area contributed by atoms with Crippen molar-refractivity contribution in [1.82, 2.24) is 0 Å². The molecule has 0 atom stereocenters. The molecular formula is C13H12F4O2. The zero-order valence-electron chi connectivity index (χ0n) is 10.3. The van der Waals surface area contributed by atoms with E-state index in [4.69, 9.17) is 0 Å². The first-order valence-electron chi connectivity index (χ1n) is 5.49. The maximum Gasteiger partial charge on any atom is 0.419 e. The van der Waals surface area contributed by atoms with Crippen LogP contribution in [0.15, 0.2) is 18.2 Å². The third-order valence-electron chi connectivity index (χ3n) is 2.76. The van der Waals surface area contributed by atoms with Crippen LogP contribution in [-0.4, -0.2) is 11.6 Å². The van der Waals surface area contributed by atoms with E-state index in [1.54, 1.807) is 0 Å². The van der Waals surface area contributed by atoms with Gasteiger partial charge in [0.2, 0.25) is 0 Å². The summed E-state index contributed by atoms with van der Waals surface area (Å²) in [6.07, 6.45) is -4.96. The molecule has 19 heavy (non-hydrogen) atoms. The van der Waals surface area contributed by atoms with Crippen LogP contribution in [0.2, 0.25) is 0 Å². The van der Waals surface area contributed by atoms with Gasteiger partial charge in [-0.15, -0.1) is 0 Å². The summed E-state index contributed by atoms with van der Waals surface area (Å²) in [5.41, 5.74) is -1.29. The van der Waals surface area contributed by atoms with Crippen LogP contribution in [0.1, 0.15) is 25.0 Å². The molecule has 0 spiro atoms. The number of rotatable bonds is 4. The second-order valence-corrected chi connectivity index (χ2v) is 4.29. The monoisotopic (exact) mass is 276 g/mol. The van der Waals surface area contributed by atoms with Crippen LogP contribution in [-0.2, 0) is 22.2 Å². The van der Waals surface area contributed by atoms with Crippen molar-refractivity contribution >= 4 is 11.6 Å². The van der Waals surface area contributed by atoms with E-state index in [0.717, 1.165) is 6.07 Å². The number of Topliss-reactive ketones (excluding diaryl/α,β-unsaturated/α-hetero) is 2.